The zero-order chi connectivity index (χ0) is 19.3. The number of hydrogen-bond acceptors (Lipinski definition) is 5. The number of ether oxygens (including phenoxy) is 3. The van der Waals surface area contributed by atoms with Gasteiger partial charge in [0.25, 0.3) is 5.91 Å². The van der Waals surface area contributed by atoms with Crippen LogP contribution in [-0.2, 0) is 11.2 Å². The first kappa shape index (κ1) is 17.7. The van der Waals surface area contributed by atoms with E-state index < -0.39 is 11.9 Å². The maximum atomic E-state index is 11.9. The Morgan fingerprint density at radius 2 is 1.96 bits per heavy atom. The summed E-state index contributed by atoms with van der Waals surface area (Å²) in [5.74, 6) is 1.11. The van der Waals surface area contributed by atoms with E-state index in [1.807, 2.05) is 30.5 Å². The summed E-state index contributed by atoms with van der Waals surface area (Å²) in [6.07, 6.45) is 2.58. The number of imide groups is 1. The lowest BCUT2D eigenvalue weighted by atomic mass is 10.1. The maximum absolute atomic E-state index is 11.9. The van der Waals surface area contributed by atoms with Crippen molar-refractivity contribution < 1.29 is 23.8 Å². The molecule has 4 rings (SSSR count). The van der Waals surface area contributed by atoms with Crippen molar-refractivity contribution >= 4 is 22.8 Å². The third-order valence-corrected chi connectivity index (χ3v) is 4.32. The molecule has 0 aliphatic carbocycles. The van der Waals surface area contributed by atoms with Crippen molar-refractivity contribution in [2.24, 2.45) is 0 Å². The monoisotopic (exact) mass is 381 g/mol. The number of nitrogens with one attached hydrogen (secondary N) is 3. The molecule has 1 aliphatic rings. The first-order valence-corrected chi connectivity index (χ1v) is 8.84. The molecule has 2 heterocycles. The van der Waals surface area contributed by atoms with Crippen LogP contribution in [0.2, 0.25) is 0 Å². The lowest BCUT2D eigenvalue weighted by Gasteiger charge is -2.08. The minimum absolute atomic E-state index is 0.165. The highest BCUT2D eigenvalue weighted by atomic mass is 16.7. The smallest absolute Gasteiger partial charge is 0.321 e. The van der Waals surface area contributed by atoms with Crippen molar-refractivity contribution in [3.05, 3.63) is 54.2 Å². The molecule has 3 amide bonds. The normalized spacial score (nSPS) is 12.0. The van der Waals surface area contributed by atoms with E-state index in [9.17, 15) is 9.59 Å². The van der Waals surface area contributed by atoms with E-state index in [0.29, 0.717) is 30.2 Å². The number of aromatic nitrogens is 1. The van der Waals surface area contributed by atoms with Crippen LogP contribution in [0.5, 0.6) is 17.2 Å². The molecule has 28 heavy (non-hydrogen) atoms. The van der Waals surface area contributed by atoms with Gasteiger partial charge in [-0.05, 0) is 30.2 Å². The van der Waals surface area contributed by atoms with Gasteiger partial charge < -0.3 is 24.5 Å². The lowest BCUT2D eigenvalue weighted by molar-refractivity contribution is -0.122. The number of carbonyl (C=O) groups excluding carboxylic acids is 2. The van der Waals surface area contributed by atoms with Gasteiger partial charge in [0.05, 0.1) is 0 Å². The summed E-state index contributed by atoms with van der Waals surface area (Å²) < 4.78 is 15.8. The molecule has 0 saturated heterocycles. The van der Waals surface area contributed by atoms with Gasteiger partial charge in [0, 0.05) is 29.7 Å². The number of carbonyl (C=O) groups is 2. The first-order chi connectivity index (χ1) is 13.7. The molecule has 1 aromatic heterocycles. The van der Waals surface area contributed by atoms with Crippen LogP contribution in [0.4, 0.5) is 4.79 Å². The molecule has 0 radical (unpaired) electrons. The van der Waals surface area contributed by atoms with Crippen molar-refractivity contribution in [2.75, 3.05) is 19.9 Å². The molecule has 0 saturated carbocycles. The minimum atomic E-state index is -0.556. The largest absolute Gasteiger partial charge is 0.484 e. The molecule has 3 N–H and O–H groups in total. The van der Waals surface area contributed by atoms with E-state index in [2.05, 4.69) is 15.6 Å². The molecular weight excluding hydrogens is 362 g/mol. The summed E-state index contributed by atoms with van der Waals surface area (Å²) >= 11 is 0. The number of aromatic amines is 1. The SMILES string of the molecule is O=C(COc1ccc2c(c1)OCO2)NC(=O)NCCc1c[nH]c2ccccc12. The van der Waals surface area contributed by atoms with Crippen LogP contribution in [0.15, 0.2) is 48.7 Å². The van der Waals surface area contributed by atoms with Gasteiger partial charge in [0.15, 0.2) is 18.1 Å². The van der Waals surface area contributed by atoms with E-state index in [1.54, 1.807) is 18.2 Å². The Kier molecular flexibility index (Phi) is 5.01. The van der Waals surface area contributed by atoms with Crippen LogP contribution in [0, 0.1) is 0 Å². The molecule has 3 aromatic rings. The summed E-state index contributed by atoms with van der Waals surface area (Å²) in [4.78, 5) is 26.9. The van der Waals surface area contributed by atoms with Gasteiger partial charge in [-0.1, -0.05) is 18.2 Å². The number of H-pyrrole nitrogens is 1. The molecule has 0 fully saturated rings. The third-order valence-electron chi connectivity index (χ3n) is 4.32. The first-order valence-electron chi connectivity index (χ1n) is 8.84. The average molecular weight is 381 g/mol. The summed E-state index contributed by atoms with van der Waals surface area (Å²) in [6, 6.07) is 12.4. The van der Waals surface area contributed by atoms with Gasteiger partial charge in [-0.15, -0.1) is 0 Å². The quantitative estimate of drug-likeness (QED) is 0.608. The van der Waals surface area contributed by atoms with Crippen molar-refractivity contribution in [1.82, 2.24) is 15.6 Å². The van der Waals surface area contributed by atoms with Crippen molar-refractivity contribution in [1.29, 1.82) is 0 Å². The highest BCUT2D eigenvalue weighted by Crippen LogP contribution is 2.34. The molecule has 0 unspecified atom stereocenters. The number of amides is 3. The molecule has 144 valence electrons. The van der Waals surface area contributed by atoms with Crippen LogP contribution in [-0.4, -0.2) is 36.9 Å². The number of urea groups is 1. The molecule has 8 nitrogen and oxygen atoms in total. The second-order valence-corrected chi connectivity index (χ2v) is 6.22. The van der Waals surface area contributed by atoms with E-state index in [0.717, 1.165) is 16.5 Å². The fourth-order valence-corrected chi connectivity index (χ4v) is 2.97. The fourth-order valence-electron chi connectivity index (χ4n) is 2.97. The van der Waals surface area contributed by atoms with Gasteiger partial charge in [-0.3, -0.25) is 10.1 Å². The number of fused-ring (bicyclic) bond motifs is 2. The second-order valence-electron chi connectivity index (χ2n) is 6.22. The van der Waals surface area contributed by atoms with Gasteiger partial charge in [-0.2, -0.15) is 0 Å². The molecule has 1 aliphatic heterocycles. The highest BCUT2D eigenvalue weighted by molar-refractivity contribution is 5.95. The number of rotatable bonds is 6. The Morgan fingerprint density at radius 1 is 1.11 bits per heavy atom. The van der Waals surface area contributed by atoms with Crippen LogP contribution in [0.3, 0.4) is 0 Å². The molecule has 2 aromatic carbocycles. The van der Waals surface area contributed by atoms with Gasteiger partial charge >= 0.3 is 6.03 Å². The maximum Gasteiger partial charge on any atom is 0.321 e. The Labute approximate surface area is 160 Å². The fraction of sp³-hybridized carbons (Fsp3) is 0.200. The second kappa shape index (κ2) is 7.91. The number of para-hydroxylation sites is 1. The molecular formula is C20H19N3O5. The van der Waals surface area contributed by atoms with E-state index >= 15 is 0 Å². The third kappa shape index (κ3) is 4.01. The van der Waals surface area contributed by atoms with Gasteiger partial charge in [0.1, 0.15) is 5.75 Å². The molecule has 0 atom stereocenters. The van der Waals surface area contributed by atoms with Crippen molar-refractivity contribution in [2.45, 2.75) is 6.42 Å². The van der Waals surface area contributed by atoms with Crippen molar-refractivity contribution in [3.8, 4) is 17.2 Å². The van der Waals surface area contributed by atoms with E-state index in [4.69, 9.17) is 14.2 Å². The Morgan fingerprint density at radius 3 is 2.89 bits per heavy atom. The Balaban J connectivity index is 1.20. The number of benzene rings is 2. The molecule has 8 heteroatoms. The van der Waals surface area contributed by atoms with E-state index in [-0.39, 0.29) is 13.4 Å². The van der Waals surface area contributed by atoms with Crippen LogP contribution < -0.4 is 24.8 Å². The summed E-state index contributed by atoms with van der Waals surface area (Å²) in [7, 11) is 0. The number of hydrogen-bond donors (Lipinski definition) is 3. The summed E-state index contributed by atoms with van der Waals surface area (Å²) in [5, 5.41) is 6.04. The lowest BCUT2D eigenvalue weighted by Crippen LogP contribution is -2.42. The van der Waals surface area contributed by atoms with E-state index in [1.165, 1.54) is 0 Å². The van der Waals surface area contributed by atoms with Crippen molar-refractivity contribution in [3.63, 3.8) is 0 Å². The predicted octanol–water partition coefficient (Wildman–Crippen LogP) is 2.34. The predicted molar refractivity (Wildman–Crippen MR) is 102 cm³/mol. The Bertz CT molecular complexity index is 1010. The highest BCUT2D eigenvalue weighted by Gasteiger charge is 2.15. The van der Waals surface area contributed by atoms with Gasteiger partial charge in [0.2, 0.25) is 6.79 Å². The van der Waals surface area contributed by atoms with Crippen LogP contribution in [0.1, 0.15) is 5.56 Å². The van der Waals surface area contributed by atoms with Gasteiger partial charge in [-0.25, -0.2) is 4.79 Å². The van der Waals surface area contributed by atoms with Crippen LogP contribution in [0.25, 0.3) is 10.9 Å². The standard InChI is InChI=1S/C20H19N3O5/c24-19(11-26-14-5-6-17-18(9-14)28-12-27-17)23-20(25)21-8-7-13-10-22-16-4-2-1-3-15(13)16/h1-6,9-10,22H,7-8,11-12H2,(H2,21,23,24,25). The zero-order valence-electron chi connectivity index (χ0n) is 15.0. The van der Waals surface area contributed by atoms with Crippen LogP contribution >= 0.6 is 0 Å². The topological polar surface area (TPSA) is 102 Å². The Hall–Kier alpha value is -3.68. The summed E-state index contributed by atoms with van der Waals surface area (Å²) in [6.45, 7) is 0.289. The zero-order valence-corrected chi connectivity index (χ0v) is 15.0. The molecule has 0 spiro atoms. The summed E-state index contributed by atoms with van der Waals surface area (Å²) in [5.41, 5.74) is 2.16. The minimum Gasteiger partial charge on any atom is -0.484 e. The molecule has 0 bridgehead atoms. The average Bonchev–Trinajstić information content (AvgIpc) is 3.33.